The van der Waals surface area contributed by atoms with Crippen LogP contribution < -0.4 is 0 Å². The predicted octanol–water partition coefficient (Wildman–Crippen LogP) is 4.10. The molecule has 2 aromatic heterocycles. The summed E-state index contributed by atoms with van der Waals surface area (Å²) in [5, 5.41) is 7.53. The summed E-state index contributed by atoms with van der Waals surface area (Å²) in [5.41, 5.74) is 2.38. The van der Waals surface area contributed by atoms with Gasteiger partial charge in [-0.2, -0.15) is 11.3 Å². The van der Waals surface area contributed by atoms with Gasteiger partial charge in [0, 0.05) is 55.0 Å². The van der Waals surface area contributed by atoms with Crippen LogP contribution in [0.25, 0.3) is 10.6 Å². The van der Waals surface area contributed by atoms with Gasteiger partial charge in [-0.1, -0.05) is 19.3 Å². The van der Waals surface area contributed by atoms with Gasteiger partial charge in [0.1, 0.15) is 5.01 Å². The Kier molecular flexibility index (Phi) is 5.48. The second kappa shape index (κ2) is 7.98. The lowest BCUT2D eigenvalue weighted by molar-refractivity contribution is -0.138. The summed E-state index contributed by atoms with van der Waals surface area (Å²) in [7, 11) is 0. The molecule has 25 heavy (non-hydrogen) atoms. The molecule has 2 aliphatic rings. The van der Waals surface area contributed by atoms with E-state index in [4.69, 9.17) is 4.98 Å². The molecular weight excluding hydrogens is 350 g/mol. The average Bonchev–Trinajstić information content (AvgIpc) is 3.34. The molecule has 0 bridgehead atoms. The van der Waals surface area contributed by atoms with Crippen LogP contribution in [0.15, 0.2) is 22.2 Å². The van der Waals surface area contributed by atoms with Gasteiger partial charge in [-0.25, -0.2) is 4.98 Å². The zero-order chi connectivity index (χ0) is 17.1. The summed E-state index contributed by atoms with van der Waals surface area (Å²) in [4.78, 5) is 22.0. The van der Waals surface area contributed by atoms with E-state index in [9.17, 15) is 4.79 Å². The van der Waals surface area contributed by atoms with Crippen LogP contribution in [0, 0.1) is 5.92 Å². The number of amides is 1. The second-order valence-corrected chi connectivity index (χ2v) is 8.73. The van der Waals surface area contributed by atoms with Crippen molar-refractivity contribution in [3.05, 3.63) is 27.9 Å². The molecule has 1 saturated heterocycles. The number of thiazole rings is 1. The Bertz CT molecular complexity index is 683. The average molecular weight is 376 g/mol. The molecule has 1 saturated carbocycles. The zero-order valence-corrected chi connectivity index (χ0v) is 16.2. The van der Waals surface area contributed by atoms with Gasteiger partial charge in [0.2, 0.25) is 5.91 Å². The highest BCUT2D eigenvalue weighted by Gasteiger charge is 2.28. The van der Waals surface area contributed by atoms with Gasteiger partial charge < -0.3 is 4.90 Å². The first kappa shape index (κ1) is 17.2. The molecule has 0 aromatic carbocycles. The van der Waals surface area contributed by atoms with Crippen LogP contribution in [-0.4, -0.2) is 46.9 Å². The number of aromatic nitrogens is 1. The number of thiophene rings is 1. The number of piperazine rings is 1. The molecule has 2 fully saturated rings. The first-order valence-corrected chi connectivity index (χ1v) is 11.1. The van der Waals surface area contributed by atoms with E-state index < -0.39 is 0 Å². The van der Waals surface area contributed by atoms with Gasteiger partial charge in [-0.05, 0) is 24.3 Å². The standard InChI is InChI=1S/C19H25N3OS2/c23-19(15-4-2-1-3-5-15)22-9-7-21(8-10-22)12-17-14-25-18(20-17)16-6-11-24-13-16/h6,11,13-15H,1-5,7-10,12H2. The Morgan fingerprint density at radius 3 is 2.64 bits per heavy atom. The molecule has 4 nitrogen and oxygen atoms in total. The first-order valence-electron chi connectivity index (χ1n) is 9.28. The van der Waals surface area contributed by atoms with E-state index in [0.717, 1.165) is 56.3 Å². The molecule has 0 spiro atoms. The van der Waals surface area contributed by atoms with Crippen LogP contribution in [0.5, 0.6) is 0 Å². The molecule has 3 heterocycles. The maximum Gasteiger partial charge on any atom is 0.225 e. The first-order chi connectivity index (χ1) is 12.3. The lowest BCUT2D eigenvalue weighted by Gasteiger charge is -2.36. The minimum absolute atomic E-state index is 0.298. The van der Waals surface area contributed by atoms with Gasteiger partial charge in [-0.3, -0.25) is 9.69 Å². The third-order valence-electron chi connectivity index (χ3n) is 5.34. The monoisotopic (exact) mass is 375 g/mol. The molecule has 0 N–H and O–H groups in total. The molecule has 0 atom stereocenters. The van der Waals surface area contributed by atoms with Crippen molar-refractivity contribution in [3.63, 3.8) is 0 Å². The largest absolute Gasteiger partial charge is 0.340 e. The Labute approximate surface area is 157 Å². The van der Waals surface area contributed by atoms with Crippen LogP contribution in [0.1, 0.15) is 37.8 Å². The molecule has 0 radical (unpaired) electrons. The van der Waals surface area contributed by atoms with Crippen LogP contribution in [0.4, 0.5) is 0 Å². The summed E-state index contributed by atoms with van der Waals surface area (Å²) >= 11 is 3.44. The van der Waals surface area contributed by atoms with Gasteiger partial charge in [0.25, 0.3) is 0 Å². The fourth-order valence-electron chi connectivity index (χ4n) is 3.86. The van der Waals surface area contributed by atoms with Gasteiger partial charge >= 0.3 is 0 Å². The quantitative estimate of drug-likeness (QED) is 0.807. The number of hydrogen-bond donors (Lipinski definition) is 0. The summed E-state index contributed by atoms with van der Waals surface area (Å²) in [5.74, 6) is 0.708. The molecule has 134 valence electrons. The maximum absolute atomic E-state index is 12.7. The van der Waals surface area contributed by atoms with Crippen LogP contribution in [0.2, 0.25) is 0 Å². The van der Waals surface area contributed by atoms with Crippen molar-refractivity contribution >= 4 is 28.6 Å². The SMILES string of the molecule is O=C(C1CCCCC1)N1CCN(Cc2csc(-c3ccsc3)n2)CC1. The summed E-state index contributed by atoms with van der Waals surface area (Å²) in [6, 6.07) is 2.13. The lowest BCUT2D eigenvalue weighted by Crippen LogP contribution is -2.50. The molecule has 1 aliphatic carbocycles. The fourth-order valence-corrected chi connectivity index (χ4v) is 5.38. The number of rotatable bonds is 4. The Balaban J connectivity index is 1.28. The van der Waals surface area contributed by atoms with E-state index in [0.29, 0.717) is 11.8 Å². The third kappa shape index (κ3) is 4.13. The Morgan fingerprint density at radius 2 is 1.92 bits per heavy atom. The minimum atomic E-state index is 0.298. The van der Waals surface area contributed by atoms with Gasteiger partial charge in [0.15, 0.2) is 0 Å². The smallest absolute Gasteiger partial charge is 0.225 e. The van der Waals surface area contributed by atoms with E-state index >= 15 is 0 Å². The van der Waals surface area contributed by atoms with Gasteiger partial charge in [0.05, 0.1) is 5.69 Å². The highest BCUT2D eigenvalue weighted by molar-refractivity contribution is 7.14. The van der Waals surface area contributed by atoms with Crippen LogP contribution >= 0.6 is 22.7 Å². The van der Waals surface area contributed by atoms with Gasteiger partial charge in [-0.15, -0.1) is 11.3 Å². The van der Waals surface area contributed by atoms with E-state index in [1.165, 1.54) is 24.8 Å². The van der Waals surface area contributed by atoms with Crippen molar-refractivity contribution < 1.29 is 4.79 Å². The number of carbonyl (C=O) groups excluding carboxylic acids is 1. The van der Waals surface area contributed by atoms with E-state index in [2.05, 4.69) is 32.0 Å². The molecule has 1 aliphatic heterocycles. The fraction of sp³-hybridized carbons (Fsp3) is 0.579. The van der Waals surface area contributed by atoms with E-state index in [1.54, 1.807) is 22.7 Å². The normalized spacial score (nSPS) is 20.1. The van der Waals surface area contributed by atoms with E-state index in [-0.39, 0.29) is 0 Å². The van der Waals surface area contributed by atoms with Crippen molar-refractivity contribution in [2.75, 3.05) is 26.2 Å². The van der Waals surface area contributed by atoms with Crippen molar-refractivity contribution in [1.29, 1.82) is 0 Å². The van der Waals surface area contributed by atoms with Crippen LogP contribution in [-0.2, 0) is 11.3 Å². The molecule has 0 unspecified atom stereocenters. The molecular formula is C19H25N3OS2. The highest BCUT2D eigenvalue weighted by Crippen LogP contribution is 2.27. The third-order valence-corrected chi connectivity index (χ3v) is 6.97. The topological polar surface area (TPSA) is 36.4 Å². The van der Waals surface area contributed by atoms with Crippen molar-refractivity contribution in [1.82, 2.24) is 14.8 Å². The lowest BCUT2D eigenvalue weighted by atomic mass is 9.88. The molecule has 4 rings (SSSR count). The second-order valence-electron chi connectivity index (χ2n) is 7.09. The summed E-state index contributed by atoms with van der Waals surface area (Å²) < 4.78 is 0. The van der Waals surface area contributed by atoms with Crippen LogP contribution in [0.3, 0.4) is 0 Å². The number of carbonyl (C=O) groups is 1. The van der Waals surface area contributed by atoms with Crippen molar-refractivity contribution in [3.8, 4) is 10.6 Å². The Hall–Kier alpha value is -1.24. The number of hydrogen-bond acceptors (Lipinski definition) is 5. The Morgan fingerprint density at radius 1 is 1.12 bits per heavy atom. The molecule has 6 heteroatoms. The zero-order valence-electron chi connectivity index (χ0n) is 14.5. The minimum Gasteiger partial charge on any atom is -0.340 e. The molecule has 1 amide bonds. The van der Waals surface area contributed by atoms with Crippen molar-refractivity contribution in [2.45, 2.75) is 38.6 Å². The summed E-state index contributed by atoms with van der Waals surface area (Å²) in [6.45, 7) is 4.56. The van der Waals surface area contributed by atoms with E-state index in [1.807, 2.05) is 0 Å². The summed E-state index contributed by atoms with van der Waals surface area (Å²) in [6.07, 6.45) is 5.96. The molecule has 2 aromatic rings. The maximum atomic E-state index is 12.7. The number of nitrogens with zero attached hydrogens (tertiary/aromatic N) is 3. The predicted molar refractivity (Wildman–Crippen MR) is 104 cm³/mol. The van der Waals surface area contributed by atoms with Crippen molar-refractivity contribution in [2.24, 2.45) is 5.92 Å². The highest BCUT2D eigenvalue weighted by atomic mass is 32.1.